The number of unbranched alkanes of at least 4 members (excludes halogenated alkanes) is 1. The summed E-state index contributed by atoms with van der Waals surface area (Å²) in [5, 5.41) is 27.3. The van der Waals surface area contributed by atoms with Crippen molar-refractivity contribution in [1.29, 1.82) is 0 Å². The fourth-order valence-electron chi connectivity index (χ4n) is 1.62. The van der Waals surface area contributed by atoms with Gasteiger partial charge in [0.05, 0.1) is 12.6 Å². The number of aliphatic hydroxyl groups is 2. The monoisotopic (exact) mass is 337 g/mol. The lowest BCUT2D eigenvalue weighted by molar-refractivity contribution is -0.214. The van der Waals surface area contributed by atoms with E-state index < -0.39 is 43.1 Å². The third-order valence-corrected chi connectivity index (χ3v) is 2.87. The van der Waals surface area contributed by atoms with Crippen LogP contribution in [0.2, 0.25) is 0 Å². The predicted octanol–water partition coefficient (Wildman–Crippen LogP) is -0.767. The van der Waals surface area contributed by atoms with Crippen LogP contribution in [0, 0.1) is 0 Å². The van der Waals surface area contributed by atoms with E-state index in [1.807, 2.05) is 0 Å². The molecule has 0 aliphatic carbocycles. The van der Waals surface area contributed by atoms with Crippen molar-refractivity contribution in [3.63, 3.8) is 0 Å². The highest BCUT2D eigenvalue weighted by Crippen LogP contribution is 2.10. The Kier molecular flexibility index (Phi) is 11.5. The van der Waals surface area contributed by atoms with Crippen LogP contribution in [0.15, 0.2) is 0 Å². The minimum Gasteiger partial charge on any atom is -0.481 e. The van der Waals surface area contributed by atoms with E-state index in [2.05, 4.69) is 0 Å². The first-order chi connectivity index (χ1) is 10.8. The standard InChI is InChI=1S/C14H27NO8/c1-9(15)14(21-6-4-3-5-13(19)20)23-12(11(18)7-16)8-22-10(2)17/h9,11-12,14,16,18H,3-8,15H2,1-2H3,(H,19,20)/t9-,11+,12?,14+/m0/s1. The second-order valence-corrected chi connectivity index (χ2v) is 5.18. The lowest BCUT2D eigenvalue weighted by atomic mass is 10.2. The van der Waals surface area contributed by atoms with Gasteiger partial charge in [-0.3, -0.25) is 9.59 Å². The number of carboxylic acid groups (broad SMARTS) is 1. The molecule has 0 aliphatic heterocycles. The van der Waals surface area contributed by atoms with Gasteiger partial charge in [-0.2, -0.15) is 0 Å². The molecule has 23 heavy (non-hydrogen) atoms. The Bertz CT molecular complexity index is 350. The minimum atomic E-state index is -1.26. The van der Waals surface area contributed by atoms with Crippen LogP contribution in [-0.2, 0) is 23.8 Å². The van der Waals surface area contributed by atoms with Crippen molar-refractivity contribution in [2.75, 3.05) is 19.8 Å². The van der Waals surface area contributed by atoms with E-state index in [0.29, 0.717) is 12.8 Å². The molecule has 136 valence electrons. The summed E-state index contributed by atoms with van der Waals surface area (Å²) >= 11 is 0. The normalized spacial score (nSPS) is 16.4. The van der Waals surface area contributed by atoms with Gasteiger partial charge in [-0.15, -0.1) is 0 Å². The van der Waals surface area contributed by atoms with Crippen molar-refractivity contribution in [1.82, 2.24) is 0 Å². The van der Waals surface area contributed by atoms with E-state index in [1.54, 1.807) is 6.92 Å². The summed E-state index contributed by atoms with van der Waals surface area (Å²) in [4.78, 5) is 21.3. The molecule has 0 aliphatic rings. The van der Waals surface area contributed by atoms with Crippen LogP contribution in [0.4, 0.5) is 0 Å². The number of carbonyl (C=O) groups excluding carboxylic acids is 1. The fraction of sp³-hybridized carbons (Fsp3) is 0.857. The van der Waals surface area contributed by atoms with Gasteiger partial charge in [0, 0.05) is 20.0 Å². The Morgan fingerprint density at radius 2 is 1.91 bits per heavy atom. The first kappa shape index (κ1) is 21.7. The van der Waals surface area contributed by atoms with Gasteiger partial charge in [0.15, 0.2) is 6.29 Å². The van der Waals surface area contributed by atoms with E-state index in [4.69, 9.17) is 30.2 Å². The molecule has 0 aromatic heterocycles. The molecule has 0 spiro atoms. The van der Waals surface area contributed by atoms with Gasteiger partial charge in [0.25, 0.3) is 0 Å². The summed E-state index contributed by atoms with van der Waals surface area (Å²) in [6.07, 6.45) is -2.12. The zero-order chi connectivity index (χ0) is 17.8. The van der Waals surface area contributed by atoms with Gasteiger partial charge in [0.2, 0.25) is 0 Å². The van der Waals surface area contributed by atoms with Crippen molar-refractivity contribution in [3.05, 3.63) is 0 Å². The lowest BCUT2D eigenvalue weighted by Crippen LogP contribution is -2.45. The molecule has 4 atom stereocenters. The molecule has 0 aromatic rings. The summed E-state index contributed by atoms with van der Waals surface area (Å²) in [5.41, 5.74) is 5.75. The summed E-state index contributed by atoms with van der Waals surface area (Å²) in [7, 11) is 0. The number of hydrogen-bond acceptors (Lipinski definition) is 8. The molecular weight excluding hydrogens is 310 g/mol. The molecule has 0 saturated carbocycles. The third-order valence-electron chi connectivity index (χ3n) is 2.87. The van der Waals surface area contributed by atoms with Crippen LogP contribution in [0.3, 0.4) is 0 Å². The van der Waals surface area contributed by atoms with Crippen LogP contribution in [0.1, 0.15) is 33.1 Å². The van der Waals surface area contributed by atoms with Gasteiger partial charge < -0.3 is 35.3 Å². The molecule has 5 N–H and O–H groups in total. The maximum atomic E-state index is 10.9. The van der Waals surface area contributed by atoms with E-state index >= 15 is 0 Å². The summed E-state index contributed by atoms with van der Waals surface area (Å²) in [5.74, 6) is -1.42. The van der Waals surface area contributed by atoms with Crippen LogP contribution in [0.25, 0.3) is 0 Å². The number of carboxylic acids is 1. The first-order valence-corrected chi connectivity index (χ1v) is 7.44. The average Bonchev–Trinajstić information content (AvgIpc) is 2.47. The fourth-order valence-corrected chi connectivity index (χ4v) is 1.62. The Morgan fingerprint density at radius 3 is 2.39 bits per heavy atom. The number of aliphatic carboxylic acids is 1. The number of aliphatic hydroxyl groups excluding tert-OH is 2. The molecule has 0 bridgehead atoms. The summed E-state index contributed by atoms with van der Waals surface area (Å²) < 4.78 is 15.7. The Labute approximate surface area is 135 Å². The third kappa shape index (κ3) is 11.0. The summed E-state index contributed by atoms with van der Waals surface area (Å²) in [6, 6.07) is -0.541. The molecule has 1 unspecified atom stereocenters. The highest BCUT2D eigenvalue weighted by molar-refractivity contribution is 5.66. The highest BCUT2D eigenvalue weighted by Gasteiger charge is 2.27. The Hall–Kier alpha value is -1.26. The van der Waals surface area contributed by atoms with E-state index in [-0.39, 0.29) is 19.6 Å². The first-order valence-electron chi connectivity index (χ1n) is 7.44. The van der Waals surface area contributed by atoms with Crippen LogP contribution in [0.5, 0.6) is 0 Å². The maximum absolute atomic E-state index is 10.9. The topological polar surface area (TPSA) is 149 Å². The molecule has 0 heterocycles. The zero-order valence-corrected chi connectivity index (χ0v) is 13.5. The maximum Gasteiger partial charge on any atom is 0.303 e. The average molecular weight is 337 g/mol. The van der Waals surface area contributed by atoms with Crippen molar-refractivity contribution < 1.29 is 39.1 Å². The van der Waals surface area contributed by atoms with Crippen LogP contribution >= 0.6 is 0 Å². The SMILES string of the molecule is CC(=O)OCC(O[C@@H](OCCCCC(=O)O)[C@H](C)N)[C@H](O)CO. The number of rotatable bonds is 13. The smallest absolute Gasteiger partial charge is 0.303 e. The second-order valence-electron chi connectivity index (χ2n) is 5.18. The molecule has 0 aromatic carbocycles. The number of ether oxygens (including phenoxy) is 3. The number of carbonyl (C=O) groups is 2. The molecular formula is C14H27NO8. The Balaban J connectivity index is 4.41. The van der Waals surface area contributed by atoms with Gasteiger partial charge in [-0.25, -0.2) is 0 Å². The van der Waals surface area contributed by atoms with E-state index in [9.17, 15) is 14.7 Å². The largest absolute Gasteiger partial charge is 0.481 e. The van der Waals surface area contributed by atoms with Crippen molar-refractivity contribution in [2.45, 2.75) is 57.6 Å². The van der Waals surface area contributed by atoms with Gasteiger partial charge in [-0.05, 0) is 19.8 Å². The molecule has 0 saturated heterocycles. The molecule has 9 heteroatoms. The molecule has 0 rings (SSSR count). The number of esters is 1. The van der Waals surface area contributed by atoms with Crippen LogP contribution in [-0.4, -0.2) is 71.6 Å². The van der Waals surface area contributed by atoms with Crippen molar-refractivity contribution in [3.8, 4) is 0 Å². The molecule has 0 amide bonds. The predicted molar refractivity (Wildman–Crippen MR) is 79.5 cm³/mol. The van der Waals surface area contributed by atoms with Gasteiger partial charge >= 0.3 is 11.9 Å². The number of hydrogen-bond donors (Lipinski definition) is 4. The molecule has 0 fully saturated rings. The van der Waals surface area contributed by atoms with Gasteiger partial charge in [-0.1, -0.05) is 0 Å². The zero-order valence-electron chi connectivity index (χ0n) is 13.5. The lowest BCUT2D eigenvalue weighted by Gasteiger charge is -2.29. The number of nitrogens with two attached hydrogens (primary N) is 1. The van der Waals surface area contributed by atoms with Crippen molar-refractivity contribution in [2.24, 2.45) is 5.73 Å². The molecule has 0 radical (unpaired) electrons. The van der Waals surface area contributed by atoms with Crippen molar-refractivity contribution >= 4 is 11.9 Å². The highest BCUT2D eigenvalue weighted by atomic mass is 16.7. The quantitative estimate of drug-likeness (QED) is 0.193. The van der Waals surface area contributed by atoms with E-state index in [0.717, 1.165) is 0 Å². The van der Waals surface area contributed by atoms with E-state index in [1.165, 1.54) is 6.92 Å². The second kappa shape index (κ2) is 12.2. The van der Waals surface area contributed by atoms with Gasteiger partial charge in [0.1, 0.15) is 18.8 Å². The summed E-state index contributed by atoms with van der Waals surface area (Å²) in [6.45, 7) is 2.26. The Morgan fingerprint density at radius 1 is 1.26 bits per heavy atom. The van der Waals surface area contributed by atoms with Crippen LogP contribution < -0.4 is 5.73 Å². The molecule has 9 nitrogen and oxygen atoms in total. The minimum absolute atomic E-state index is 0.0470.